The SMILES string of the molecule is Cc1cccc(-n2c(SCC(=O)Nc3ccc(C(F)(F)F)cc3)nc3ccsc3c2=O)c1C. The fraction of sp³-hybridized carbons (Fsp3) is 0.174. The van der Waals surface area contributed by atoms with Crippen LogP contribution in [0.1, 0.15) is 16.7 Å². The van der Waals surface area contributed by atoms with Crippen molar-refractivity contribution in [1.29, 1.82) is 0 Å². The number of nitrogens with one attached hydrogen (secondary N) is 1. The Hall–Kier alpha value is -3.11. The van der Waals surface area contributed by atoms with Crippen LogP contribution < -0.4 is 10.9 Å². The van der Waals surface area contributed by atoms with Crippen molar-refractivity contribution in [1.82, 2.24) is 9.55 Å². The standard InChI is InChI=1S/C23H18F3N3O2S2/c1-13-4-3-5-18(14(13)2)29-21(31)20-17(10-11-32-20)28-22(29)33-12-19(30)27-16-8-6-15(7-9-16)23(24,25)26/h3-11H,12H2,1-2H3,(H,27,30). The highest BCUT2D eigenvalue weighted by Gasteiger charge is 2.30. The van der Waals surface area contributed by atoms with Gasteiger partial charge in [-0.2, -0.15) is 13.2 Å². The van der Waals surface area contributed by atoms with Gasteiger partial charge in [-0.1, -0.05) is 23.9 Å². The van der Waals surface area contributed by atoms with Gasteiger partial charge in [0, 0.05) is 5.69 Å². The Morgan fingerprint density at radius 3 is 2.55 bits per heavy atom. The quantitative estimate of drug-likeness (QED) is 0.284. The highest BCUT2D eigenvalue weighted by atomic mass is 32.2. The average Bonchev–Trinajstić information content (AvgIpc) is 3.24. The molecule has 0 saturated heterocycles. The summed E-state index contributed by atoms with van der Waals surface area (Å²) in [5.74, 6) is -0.500. The number of hydrogen-bond donors (Lipinski definition) is 1. The van der Waals surface area contributed by atoms with Crippen LogP contribution in [0, 0.1) is 13.8 Å². The topological polar surface area (TPSA) is 64.0 Å². The second-order valence-electron chi connectivity index (χ2n) is 7.30. The van der Waals surface area contributed by atoms with E-state index in [9.17, 15) is 22.8 Å². The Labute approximate surface area is 195 Å². The number of thiophene rings is 1. The lowest BCUT2D eigenvalue weighted by Gasteiger charge is -2.15. The molecular formula is C23H18F3N3O2S2. The first kappa shape index (κ1) is 23.1. The first-order valence-electron chi connectivity index (χ1n) is 9.82. The van der Waals surface area contributed by atoms with Crippen molar-refractivity contribution < 1.29 is 18.0 Å². The Bertz CT molecular complexity index is 1390. The molecule has 0 unspecified atom stereocenters. The van der Waals surface area contributed by atoms with E-state index >= 15 is 0 Å². The maximum atomic E-state index is 13.3. The lowest BCUT2D eigenvalue weighted by Crippen LogP contribution is -2.23. The molecule has 0 aliphatic carbocycles. The molecule has 5 nitrogen and oxygen atoms in total. The second kappa shape index (κ2) is 9.03. The van der Waals surface area contributed by atoms with E-state index in [2.05, 4.69) is 10.3 Å². The summed E-state index contributed by atoms with van der Waals surface area (Å²) < 4.78 is 40.2. The number of carbonyl (C=O) groups excluding carboxylic acids is 1. The largest absolute Gasteiger partial charge is 0.416 e. The van der Waals surface area contributed by atoms with Gasteiger partial charge < -0.3 is 5.32 Å². The summed E-state index contributed by atoms with van der Waals surface area (Å²) in [6, 6.07) is 11.6. The molecule has 1 amide bonds. The zero-order valence-corrected chi connectivity index (χ0v) is 19.2. The number of alkyl halides is 3. The molecule has 0 radical (unpaired) electrons. The third kappa shape index (κ3) is 4.81. The smallest absolute Gasteiger partial charge is 0.325 e. The molecule has 33 heavy (non-hydrogen) atoms. The Balaban J connectivity index is 1.60. The first-order valence-corrected chi connectivity index (χ1v) is 11.7. The van der Waals surface area contributed by atoms with Crippen LogP contribution in [0.15, 0.2) is 63.9 Å². The van der Waals surface area contributed by atoms with Crippen molar-refractivity contribution in [2.45, 2.75) is 25.2 Å². The number of amides is 1. The summed E-state index contributed by atoms with van der Waals surface area (Å²) in [6.45, 7) is 3.87. The average molecular weight is 490 g/mol. The van der Waals surface area contributed by atoms with Crippen molar-refractivity contribution in [2.24, 2.45) is 0 Å². The second-order valence-corrected chi connectivity index (χ2v) is 9.16. The molecule has 2 aromatic heterocycles. The van der Waals surface area contributed by atoms with E-state index < -0.39 is 17.6 Å². The van der Waals surface area contributed by atoms with Gasteiger partial charge in [-0.3, -0.25) is 14.2 Å². The van der Waals surface area contributed by atoms with Crippen LogP contribution in [0.5, 0.6) is 0 Å². The molecule has 2 heterocycles. The van der Waals surface area contributed by atoms with Crippen molar-refractivity contribution in [2.75, 3.05) is 11.1 Å². The Morgan fingerprint density at radius 1 is 1.12 bits per heavy atom. The van der Waals surface area contributed by atoms with Gasteiger partial charge in [-0.05, 0) is 66.8 Å². The monoisotopic (exact) mass is 489 g/mol. The van der Waals surface area contributed by atoms with Crippen LogP contribution in [0.4, 0.5) is 18.9 Å². The van der Waals surface area contributed by atoms with Crippen molar-refractivity contribution in [3.8, 4) is 5.69 Å². The number of aromatic nitrogens is 2. The van der Waals surface area contributed by atoms with Crippen molar-refractivity contribution in [3.05, 3.63) is 81.0 Å². The van der Waals surface area contributed by atoms with E-state index in [-0.39, 0.29) is 17.0 Å². The van der Waals surface area contributed by atoms with E-state index in [4.69, 9.17) is 0 Å². The molecular weight excluding hydrogens is 471 g/mol. The molecule has 0 fully saturated rings. The summed E-state index contributed by atoms with van der Waals surface area (Å²) in [5.41, 5.74) is 2.43. The number of anilines is 1. The van der Waals surface area contributed by atoms with Crippen molar-refractivity contribution >= 4 is 44.9 Å². The van der Waals surface area contributed by atoms with Gasteiger partial charge in [-0.15, -0.1) is 11.3 Å². The van der Waals surface area contributed by atoms with E-state index in [1.165, 1.54) is 28.0 Å². The molecule has 0 atom stereocenters. The highest BCUT2D eigenvalue weighted by Crippen LogP contribution is 2.30. The number of carbonyl (C=O) groups is 1. The molecule has 4 aromatic rings. The van der Waals surface area contributed by atoms with E-state index in [0.717, 1.165) is 35.0 Å². The zero-order valence-electron chi connectivity index (χ0n) is 17.6. The number of thioether (sulfide) groups is 1. The first-order chi connectivity index (χ1) is 15.6. The van der Waals surface area contributed by atoms with Gasteiger partial charge in [0.2, 0.25) is 5.91 Å². The van der Waals surface area contributed by atoms with Gasteiger partial charge in [0.1, 0.15) is 4.70 Å². The predicted molar refractivity (Wildman–Crippen MR) is 125 cm³/mol. The number of halogens is 3. The number of benzene rings is 2. The van der Waals surface area contributed by atoms with Gasteiger partial charge in [-0.25, -0.2) is 4.98 Å². The highest BCUT2D eigenvalue weighted by molar-refractivity contribution is 7.99. The summed E-state index contributed by atoms with van der Waals surface area (Å²) in [5, 5.41) is 4.73. The van der Waals surface area contributed by atoms with Gasteiger partial charge >= 0.3 is 6.18 Å². The molecule has 0 aliphatic heterocycles. The summed E-state index contributed by atoms with van der Waals surface area (Å²) in [7, 11) is 0. The molecule has 0 spiro atoms. The molecule has 4 rings (SSSR count). The number of nitrogens with zero attached hydrogens (tertiary/aromatic N) is 2. The number of hydrogen-bond acceptors (Lipinski definition) is 5. The fourth-order valence-corrected chi connectivity index (χ4v) is 4.81. The minimum atomic E-state index is -4.44. The molecule has 0 aliphatic rings. The Morgan fingerprint density at radius 2 is 1.85 bits per heavy atom. The third-order valence-electron chi connectivity index (χ3n) is 5.09. The lowest BCUT2D eigenvalue weighted by molar-refractivity contribution is -0.137. The molecule has 0 bridgehead atoms. The van der Waals surface area contributed by atoms with E-state index in [1.807, 2.05) is 32.0 Å². The lowest BCUT2D eigenvalue weighted by atomic mass is 10.1. The van der Waals surface area contributed by atoms with Crippen LogP contribution in [-0.2, 0) is 11.0 Å². The van der Waals surface area contributed by atoms with Crippen LogP contribution in [-0.4, -0.2) is 21.2 Å². The fourth-order valence-electron chi connectivity index (χ4n) is 3.25. The molecule has 0 saturated carbocycles. The van der Waals surface area contributed by atoms with Crippen LogP contribution in [0.3, 0.4) is 0 Å². The number of aryl methyl sites for hydroxylation is 1. The van der Waals surface area contributed by atoms with Gasteiger partial charge in [0.05, 0.1) is 22.5 Å². The van der Waals surface area contributed by atoms with Crippen LogP contribution in [0.25, 0.3) is 15.9 Å². The predicted octanol–water partition coefficient (Wildman–Crippen LogP) is 5.81. The normalized spacial score (nSPS) is 11.7. The maximum absolute atomic E-state index is 13.3. The Kier molecular flexibility index (Phi) is 6.31. The van der Waals surface area contributed by atoms with Crippen molar-refractivity contribution in [3.63, 3.8) is 0 Å². The number of fused-ring (bicyclic) bond motifs is 1. The van der Waals surface area contributed by atoms with Gasteiger partial charge in [0.15, 0.2) is 5.16 Å². The van der Waals surface area contributed by atoms with E-state index in [0.29, 0.717) is 21.1 Å². The summed E-state index contributed by atoms with van der Waals surface area (Å²) in [6.07, 6.45) is -4.44. The molecule has 2 aromatic carbocycles. The zero-order chi connectivity index (χ0) is 23.8. The third-order valence-corrected chi connectivity index (χ3v) is 6.92. The van der Waals surface area contributed by atoms with Gasteiger partial charge in [0.25, 0.3) is 5.56 Å². The summed E-state index contributed by atoms with van der Waals surface area (Å²) >= 11 is 2.39. The minimum absolute atomic E-state index is 0.0754. The molecule has 170 valence electrons. The maximum Gasteiger partial charge on any atom is 0.416 e. The van der Waals surface area contributed by atoms with Crippen LogP contribution >= 0.6 is 23.1 Å². The molecule has 1 N–H and O–H groups in total. The number of rotatable bonds is 5. The van der Waals surface area contributed by atoms with Crippen LogP contribution in [0.2, 0.25) is 0 Å². The molecule has 10 heteroatoms. The summed E-state index contributed by atoms with van der Waals surface area (Å²) in [4.78, 5) is 30.3. The minimum Gasteiger partial charge on any atom is -0.325 e. The van der Waals surface area contributed by atoms with E-state index in [1.54, 1.807) is 11.4 Å².